The maximum absolute atomic E-state index is 13.4. The molecule has 0 aliphatic carbocycles. The fourth-order valence-corrected chi connectivity index (χ4v) is 5.30. The Kier molecular flexibility index (Phi) is 8.20. The molecule has 0 bridgehead atoms. The highest BCUT2D eigenvalue weighted by Crippen LogP contribution is 2.26. The molecule has 1 atom stereocenters. The van der Waals surface area contributed by atoms with Crippen LogP contribution in [0.15, 0.2) is 42.5 Å². The van der Waals surface area contributed by atoms with Gasteiger partial charge in [0.25, 0.3) is 5.91 Å². The number of hydrogen-bond donors (Lipinski definition) is 1. The molecule has 0 aromatic heterocycles. The van der Waals surface area contributed by atoms with E-state index in [1.807, 2.05) is 52.3 Å². The van der Waals surface area contributed by atoms with Gasteiger partial charge in [-0.3, -0.25) is 14.4 Å². The molecule has 2 aliphatic heterocycles. The summed E-state index contributed by atoms with van der Waals surface area (Å²) >= 11 is 0. The van der Waals surface area contributed by atoms with Crippen molar-refractivity contribution in [1.29, 1.82) is 0 Å². The molecule has 2 aromatic rings. The lowest BCUT2D eigenvalue weighted by Gasteiger charge is -2.37. The monoisotopic (exact) mass is 463 g/mol. The number of carbonyl (C=O) groups is 3. The van der Waals surface area contributed by atoms with E-state index in [4.69, 9.17) is 0 Å². The number of piperidine rings is 2. The third-order valence-electron chi connectivity index (χ3n) is 7.33. The van der Waals surface area contributed by atoms with Crippen LogP contribution < -0.4 is 5.32 Å². The van der Waals surface area contributed by atoms with Gasteiger partial charge in [-0.2, -0.15) is 0 Å². The molecule has 6 nitrogen and oxygen atoms in total. The van der Waals surface area contributed by atoms with Crippen molar-refractivity contribution in [2.75, 3.05) is 32.7 Å². The first-order chi connectivity index (χ1) is 16.6. The molecule has 2 aliphatic rings. The minimum absolute atomic E-state index is 0.00136. The first-order valence-corrected chi connectivity index (χ1v) is 12.9. The van der Waals surface area contributed by atoms with Crippen LogP contribution in [0.3, 0.4) is 0 Å². The molecule has 6 heteroatoms. The first-order valence-electron chi connectivity index (χ1n) is 12.9. The third kappa shape index (κ3) is 5.60. The second-order valence-corrected chi connectivity index (χ2v) is 9.71. The van der Waals surface area contributed by atoms with E-state index in [0.29, 0.717) is 31.7 Å². The molecule has 2 fully saturated rings. The maximum atomic E-state index is 13.4. The van der Waals surface area contributed by atoms with Crippen LogP contribution in [-0.4, -0.2) is 60.2 Å². The van der Waals surface area contributed by atoms with Crippen molar-refractivity contribution in [2.45, 2.75) is 51.9 Å². The number of likely N-dealkylation sites (tertiary alicyclic amines) is 2. The smallest absolute Gasteiger partial charge is 0.254 e. The van der Waals surface area contributed by atoms with Crippen LogP contribution in [0.2, 0.25) is 0 Å². The van der Waals surface area contributed by atoms with Crippen LogP contribution >= 0.6 is 0 Å². The van der Waals surface area contributed by atoms with Crippen molar-refractivity contribution in [3.63, 3.8) is 0 Å². The molecule has 0 saturated carbocycles. The number of unbranched alkanes of at least 4 members (excludes halogenated alkanes) is 2. The highest BCUT2D eigenvalue weighted by Gasteiger charge is 2.34. The van der Waals surface area contributed by atoms with Gasteiger partial charge in [-0.25, -0.2) is 0 Å². The van der Waals surface area contributed by atoms with Gasteiger partial charge in [0.15, 0.2) is 0 Å². The summed E-state index contributed by atoms with van der Waals surface area (Å²) in [5, 5.41) is 5.06. The van der Waals surface area contributed by atoms with E-state index in [1.54, 1.807) is 0 Å². The molecule has 34 heavy (non-hydrogen) atoms. The zero-order valence-electron chi connectivity index (χ0n) is 20.3. The molecule has 4 rings (SSSR count). The average Bonchev–Trinajstić information content (AvgIpc) is 2.90. The van der Waals surface area contributed by atoms with E-state index >= 15 is 0 Å². The summed E-state index contributed by atoms with van der Waals surface area (Å²) in [6, 6.07) is 13.8. The molecule has 1 unspecified atom stereocenters. The minimum atomic E-state index is -0.160. The van der Waals surface area contributed by atoms with E-state index in [9.17, 15) is 14.4 Å². The number of carbonyl (C=O) groups excluding carboxylic acids is 3. The Morgan fingerprint density at radius 3 is 2.44 bits per heavy atom. The van der Waals surface area contributed by atoms with Gasteiger partial charge in [-0.1, -0.05) is 56.2 Å². The first kappa shape index (κ1) is 24.2. The molecule has 1 N–H and O–H groups in total. The van der Waals surface area contributed by atoms with Crippen LogP contribution in [-0.2, 0) is 9.59 Å². The number of amides is 3. The van der Waals surface area contributed by atoms with Crippen molar-refractivity contribution in [1.82, 2.24) is 15.1 Å². The standard InChI is InChI=1S/C28H37N3O3/c1-2-3-6-16-29-26(32)22-14-18-30(19-15-22)27(33)23-11-8-17-31(20-23)28(34)25-13-7-10-21-9-4-5-12-24(21)25/h4-5,7,9-10,12-13,22-23H,2-3,6,8,11,14-20H2,1H3,(H,29,32). The van der Waals surface area contributed by atoms with E-state index in [1.165, 1.54) is 0 Å². The van der Waals surface area contributed by atoms with E-state index in [2.05, 4.69) is 12.2 Å². The summed E-state index contributed by atoms with van der Waals surface area (Å²) in [7, 11) is 0. The molecule has 2 heterocycles. The minimum Gasteiger partial charge on any atom is -0.356 e. The second-order valence-electron chi connectivity index (χ2n) is 9.71. The topological polar surface area (TPSA) is 69.7 Å². The van der Waals surface area contributed by atoms with Crippen LogP contribution in [0, 0.1) is 11.8 Å². The normalized spacial score (nSPS) is 19.3. The molecular weight excluding hydrogens is 426 g/mol. The number of benzene rings is 2. The van der Waals surface area contributed by atoms with Gasteiger partial charge in [0.2, 0.25) is 11.8 Å². The lowest BCUT2D eigenvalue weighted by molar-refractivity contribution is -0.140. The predicted molar refractivity (Wildman–Crippen MR) is 134 cm³/mol. The summed E-state index contributed by atoms with van der Waals surface area (Å²) < 4.78 is 0. The Hall–Kier alpha value is -2.89. The summed E-state index contributed by atoms with van der Waals surface area (Å²) in [5.74, 6) is 0.117. The van der Waals surface area contributed by atoms with Gasteiger partial charge >= 0.3 is 0 Å². The molecule has 2 aromatic carbocycles. The lowest BCUT2D eigenvalue weighted by Crippen LogP contribution is -2.49. The second kappa shape index (κ2) is 11.5. The predicted octanol–water partition coefficient (Wildman–Crippen LogP) is 4.24. The van der Waals surface area contributed by atoms with Gasteiger partial charge in [0.1, 0.15) is 0 Å². The summed E-state index contributed by atoms with van der Waals surface area (Å²) in [5.41, 5.74) is 0.706. The summed E-state index contributed by atoms with van der Waals surface area (Å²) in [6.45, 7) is 5.30. The Balaban J connectivity index is 1.32. The van der Waals surface area contributed by atoms with Crippen LogP contribution in [0.4, 0.5) is 0 Å². The number of rotatable bonds is 7. The average molecular weight is 464 g/mol. The fraction of sp³-hybridized carbons (Fsp3) is 0.536. The Morgan fingerprint density at radius 1 is 0.882 bits per heavy atom. The zero-order valence-corrected chi connectivity index (χ0v) is 20.3. The molecule has 0 radical (unpaired) electrons. The number of nitrogens with zero attached hydrogens (tertiary/aromatic N) is 2. The molecular formula is C28H37N3O3. The highest BCUT2D eigenvalue weighted by molar-refractivity contribution is 6.07. The summed E-state index contributed by atoms with van der Waals surface area (Å²) in [6.07, 6.45) is 6.39. The summed E-state index contributed by atoms with van der Waals surface area (Å²) in [4.78, 5) is 42.8. The van der Waals surface area contributed by atoms with Gasteiger partial charge in [0.05, 0.1) is 5.92 Å². The number of nitrogens with one attached hydrogen (secondary N) is 1. The maximum Gasteiger partial charge on any atom is 0.254 e. The van der Waals surface area contributed by atoms with Crippen LogP contribution in [0.5, 0.6) is 0 Å². The lowest BCUT2D eigenvalue weighted by atomic mass is 9.92. The van der Waals surface area contributed by atoms with Crippen LogP contribution in [0.25, 0.3) is 10.8 Å². The van der Waals surface area contributed by atoms with Gasteiger partial charge in [-0.15, -0.1) is 0 Å². The highest BCUT2D eigenvalue weighted by atomic mass is 16.2. The van der Waals surface area contributed by atoms with Crippen LogP contribution in [0.1, 0.15) is 62.2 Å². The van der Waals surface area contributed by atoms with Crippen molar-refractivity contribution >= 4 is 28.5 Å². The van der Waals surface area contributed by atoms with Crippen molar-refractivity contribution < 1.29 is 14.4 Å². The third-order valence-corrected chi connectivity index (χ3v) is 7.33. The van der Waals surface area contributed by atoms with Gasteiger partial charge < -0.3 is 15.1 Å². The van der Waals surface area contributed by atoms with E-state index in [-0.39, 0.29) is 29.6 Å². The number of hydrogen-bond acceptors (Lipinski definition) is 3. The molecule has 2 saturated heterocycles. The van der Waals surface area contributed by atoms with Gasteiger partial charge in [0, 0.05) is 44.2 Å². The van der Waals surface area contributed by atoms with Gasteiger partial charge in [-0.05, 0) is 48.9 Å². The Labute approximate surface area is 202 Å². The fourth-order valence-electron chi connectivity index (χ4n) is 5.30. The Morgan fingerprint density at radius 2 is 1.65 bits per heavy atom. The molecule has 182 valence electrons. The number of fused-ring (bicyclic) bond motifs is 1. The molecule has 3 amide bonds. The van der Waals surface area contributed by atoms with E-state index in [0.717, 1.165) is 62.3 Å². The quantitative estimate of drug-likeness (QED) is 0.625. The SMILES string of the molecule is CCCCCNC(=O)C1CCN(C(=O)C2CCCN(C(=O)c3cccc4ccccc34)C2)CC1. The Bertz CT molecular complexity index is 1010. The molecule has 0 spiro atoms. The zero-order chi connectivity index (χ0) is 23.9. The van der Waals surface area contributed by atoms with Crippen molar-refractivity contribution in [3.8, 4) is 0 Å². The van der Waals surface area contributed by atoms with E-state index < -0.39 is 0 Å². The van der Waals surface area contributed by atoms with Crippen molar-refractivity contribution in [3.05, 3.63) is 48.0 Å². The van der Waals surface area contributed by atoms with Crippen molar-refractivity contribution in [2.24, 2.45) is 11.8 Å². The largest absolute Gasteiger partial charge is 0.356 e.